The molecule has 1 aliphatic rings. The third kappa shape index (κ3) is 8.16. The summed E-state index contributed by atoms with van der Waals surface area (Å²) in [5.41, 5.74) is 0.845. The van der Waals surface area contributed by atoms with Gasteiger partial charge in [0.05, 0.1) is 25.6 Å². The Balaban J connectivity index is 1.74. The van der Waals surface area contributed by atoms with E-state index >= 15 is 0 Å². The molecule has 0 aliphatic heterocycles. The highest BCUT2D eigenvalue weighted by Crippen LogP contribution is 2.30. The van der Waals surface area contributed by atoms with E-state index in [1.165, 1.54) is 19.8 Å². The van der Waals surface area contributed by atoms with Crippen molar-refractivity contribution in [2.45, 2.75) is 32.7 Å². The quantitative estimate of drug-likeness (QED) is 0.437. The van der Waals surface area contributed by atoms with Gasteiger partial charge in [0.15, 0.2) is 0 Å². The van der Waals surface area contributed by atoms with Crippen LogP contribution in [0.15, 0.2) is 24.3 Å². The van der Waals surface area contributed by atoms with E-state index in [0.717, 1.165) is 11.3 Å². The number of carbonyl (C=O) groups excluding carboxylic acids is 1. The molecule has 0 spiro atoms. The van der Waals surface area contributed by atoms with Crippen LogP contribution >= 0.6 is 0 Å². The van der Waals surface area contributed by atoms with Crippen LogP contribution in [0.25, 0.3) is 0 Å². The normalized spacial score (nSPS) is 15.5. The zero-order chi connectivity index (χ0) is 19.0. The second kappa shape index (κ2) is 9.89. The first-order valence-electron chi connectivity index (χ1n) is 8.79. The molecule has 0 radical (unpaired) electrons. The number of rotatable bonds is 12. The number of benzene rings is 1. The molecule has 0 heterocycles. The van der Waals surface area contributed by atoms with Crippen LogP contribution in [0.3, 0.4) is 0 Å². The fraction of sp³-hybridized carbons (Fsp3) is 0.611. The molecule has 1 aromatic carbocycles. The van der Waals surface area contributed by atoms with Gasteiger partial charge in [0.2, 0.25) is 10.0 Å². The first-order valence-corrected chi connectivity index (χ1v) is 10.4. The second-order valence-corrected chi connectivity index (χ2v) is 8.31. The maximum absolute atomic E-state index is 12.2. The molecule has 0 saturated heterocycles. The minimum atomic E-state index is -3.48. The van der Waals surface area contributed by atoms with E-state index in [4.69, 9.17) is 14.2 Å². The Hall–Kier alpha value is -1.64. The molecule has 0 aromatic heterocycles. The lowest BCUT2D eigenvalue weighted by Gasteiger charge is -2.16. The molecular weight excluding hydrogens is 358 g/mol. The number of nitrogens with one attached hydrogen (secondary N) is 1. The van der Waals surface area contributed by atoms with E-state index in [0.29, 0.717) is 12.5 Å². The van der Waals surface area contributed by atoms with Crippen LogP contribution in [0.1, 0.15) is 38.3 Å². The Bertz CT molecular complexity index is 687. The summed E-state index contributed by atoms with van der Waals surface area (Å²) in [5, 5.41) is 0. The highest BCUT2D eigenvalue weighted by Gasteiger charge is 2.22. The molecule has 1 aliphatic carbocycles. The van der Waals surface area contributed by atoms with E-state index in [9.17, 15) is 13.2 Å². The molecule has 1 saturated carbocycles. The molecular formula is C18H27NO6S. The van der Waals surface area contributed by atoms with E-state index in [2.05, 4.69) is 4.72 Å². The number of sulfonamides is 1. The van der Waals surface area contributed by atoms with Gasteiger partial charge in [0, 0.05) is 13.0 Å². The summed E-state index contributed by atoms with van der Waals surface area (Å²) in [7, 11) is -3.48. The average molecular weight is 385 g/mol. The molecule has 26 heavy (non-hydrogen) atoms. The van der Waals surface area contributed by atoms with Gasteiger partial charge in [-0.15, -0.1) is 0 Å². The third-order valence-electron chi connectivity index (χ3n) is 3.93. The van der Waals surface area contributed by atoms with Gasteiger partial charge in [-0.25, -0.2) is 13.1 Å². The largest absolute Gasteiger partial charge is 0.493 e. The smallest absolute Gasteiger partial charge is 0.302 e. The summed E-state index contributed by atoms with van der Waals surface area (Å²) in [4.78, 5) is 10.6. The maximum atomic E-state index is 12.2. The van der Waals surface area contributed by atoms with Gasteiger partial charge in [-0.2, -0.15) is 0 Å². The summed E-state index contributed by atoms with van der Waals surface area (Å²) in [5.74, 6) is 0.875. The summed E-state index contributed by atoms with van der Waals surface area (Å²) < 4.78 is 42.6. The predicted octanol–water partition coefficient (Wildman–Crippen LogP) is 2.04. The van der Waals surface area contributed by atoms with E-state index in [-0.39, 0.29) is 37.6 Å². The van der Waals surface area contributed by atoms with E-state index in [1.807, 2.05) is 24.3 Å². The topological polar surface area (TPSA) is 90.9 Å². The number of ether oxygens (including phenoxy) is 3. The van der Waals surface area contributed by atoms with Crippen molar-refractivity contribution in [3.63, 3.8) is 0 Å². The number of hydrogen-bond acceptors (Lipinski definition) is 6. The van der Waals surface area contributed by atoms with Crippen LogP contribution in [-0.2, 0) is 24.3 Å². The molecule has 7 nitrogen and oxygen atoms in total. The molecule has 1 atom stereocenters. The molecule has 0 bridgehead atoms. The number of hydrogen-bond donors (Lipinski definition) is 1. The van der Waals surface area contributed by atoms with E-state index < -0.39 is 10.0 Å². The summed E-state index contributed by atoms with van der Waals surface area (Å²) in [6, 6.07) is 7.10. The molecule has 146 valence electrons. The Labute approximate surface area is 155 Å². The van der Waals surface area contributed by atoms with Crippen molar-refractivity contribution in [3.8, 4) is 5.75 Å². The van der Waals surface area contributed by atoms with Crippen molar-refractivity contribution in [2.75, 3.05) is 32.2 Å². The zero-order valence-corrected chi connectivity index (χ0v) is 16.1. The highest BCUT2D eigenvalue weighted by molar-refractivity contribution is 7.89. The van der Waals surface area contributed by atoms with Gasteiger partial charge in [-0.05, 0) is 43.4 Å². The van der Waals surface area contributed by atoms with E-state index in [1.54, 1.807) is 6.92 Å². The lowest BCUT2D eigenvalue weighted by Crippen LogP contribution is -2.31. The van der Waals surface area contributed by atoms with Crippen LogP contribution in [0, 0.1) is 5.92 Å². The van der Waals surface area contributed by atoms with Crippen molar-refractivity contribution >= 4 is 16.0 Å². The molecule has 1 N–H and O–H groups in total. The predicted molar refractivity (Wildman–Crippen MR) is 97.5 cm³/mol. The summed E-state index contributed by atoms with van der Waals surface area (Å²) in [6.07, 6.45) is 2.44. The van der Waals surface area contributed by atoms with Gasteiger partial charge in [-0.1, -0.05) is 12.1 Å². The standard InChI is InChI=1S/C18H27NO6S/c1-14(17-4-3-5-18(12-17)25-13-16-6-7-16)19-26(21,22)11-10-23-8-9-24-15(2)20/h3-5,12,14,16,19H,6-11,13H2,1-2H3/t14-/m1/s1. The minimum absolute atomic E-state index is 0.0356. The second-order valence-electron chi connectivity index (χ2n) is 6.44. The Morgan fingerprint density at radius 1 is 1.27 bits per heavy atom. The number of carbonyl (C=O) groups is 1. The molecule has 8 heteroatoms. The third-order valence-corrected chi connectivity index (χ3v) is 5.34. The van der Waals surface area contributed by atoms with Gasteiger partial charge >= 0.3 is 5.97 Å². The monoisotopic (exact) mass is 385 g/mol. The lowest BCUT2D eigenvalue weighted by molar-refractivity contribution is -0.142. The Morgan fingerprint density at radius 2 is 2.04 bits per heavy atom. The first kappa shape index (κ1) is 20.7. The van der Waals surface area contributed by atoms with Crippen molar-refractivity contribution < 1.29 is 27.4 Å². The van der Waals surface area contributed by atoms with Crippen LogP contribution in [0.2, 0.25) is 0 Å². The average Bonchev–Trinajstić information content (AvgIpc) is 3.40. The molecule has 0 unspecified atom stereocenters. The summed E-state index contributed by atoms with van der Waals surface area (Å²) >= 11 is 0. The minimum Gasteiger partial charge on any atom is -0.493 e. The van der Waals surface area contributed by atoms with Crippen molar-refractivity contribution in [1.82, 2.24) is 4.72 Å². The van der Waals surface area contributed by atoms with Crippen LogP contribution in [0.4, 0.5) is 0 Å². The van der Waals surface area contributed by atoms with Crippen molar-refractivity contribution in [1.29, 1.82) is 0 Å². The van der Waals surface area contributed by atoms with Gasteiger partial charge in [0.1, 0.15) is 12.4 Å². The number of esters is 1. The van der Waals surface area contributed by atoms with Gasteiger partial charge in [0.25, 0.3) is 0 Å². The fourth-order valence-corrected chi connectivity index (χ4v) is 3.41. The van der Waals surface area contributed by atoms with Crippen molar-refractivity contribution in [3.05, 3.63) is 29.8 Å². The summed E-state index contributed by atoms with van der Waals surface area (Å²) in [6.45, 7) is 4.14. The molecule has 0 amide bonds. The van der Waals surface area contributed by atoms with Crippen molar-refractivity contribution in [2.24, 2.45) is 5.92 Å². The lowest BCUT2D eigenvalue weighted by atomic mass is 10.1. The highest BCUT2D eigenvalue weighted by atomic mass is 32.2. The molecule has 2 rings (SSSR count). The van der Waals surface area contributed by atoms with Crippen LogP contribution < -0.4 is 9.46 Å². The Morgan fingerprint density at radius 3 is 2.73 bits per heavy atom. The maximum Gasteiger partial charge on any atom is 0.302 e. The van der Waals surface area contributed by atoms with Crippen LogP contribution in [-0.4, -0.2) is 46.6 Å². The molecule has 1 aromatic rings. The van der Waals surface area contributed by atoms with Crippen LogP contribution in [0.5, 0.6) is 5.75 Å². The first-order chi connectivity index (χ1) is 12.4. The zero-order valence-electron chi connectivity index (χ0n) is 15.3. The fourth-order valence-electron chi connectivity index (χ4n) is 2.28. The van der Waals surface area contributed by atoms with Gasteiger partial charge in [-0.3, -0.25) is 4.79 Å². The SMILES string of the molecule is CC(=O)OCCOCCS(=O)(=O)N[C@H](C)c1cccc(OCC2CC2)c1. The molecule has 1 fully saturated rings. The van der Waals surface area contributed by atoms with Gasteiger partial charge < -0.3 is 14.2 Å². The Kier molecular flexibility index (Phi) is 7.86.